The zero-order valence-electron chi connectivity index (χ0n) is 10.9. The third kappa shape index (κ3) is 3.17. The maximum absolute atomic E-state index is 12.1. The van der Waals surface area contributed by atoms with Gasteiger partial charge in [-0.3, -0.25) is 19.6 Å². The second kappa shape index (κ2) is 5.92. The number of rotatable bonds is 4. The van der Waals surface area contributed by atoms with Crippen LogP contribution >= 0.6 is 0 Å². The summed E-state index contributed by atoms with van der Waals surface area (Å²) in [5.41, 5.74) is 6.51. The fourth-order valence-corrected chi connectivity index (χ4v) is 1.70. The van der Waals surface area contributed by atoms with Crippen LogP contribution in [0.1, 0.15) is 39.4 Å². The van der Waals surface area contributed by atoms with Gasteiger partial charge in [-0.1, -0.05) is 6.07 Å². The molecule has 0 fully saturated rings. The molecule has 2 amide bonds. The fourth-order valence-electron chi connectivity index (χ4n) is 1.70. The van der Waals surface area contributed by atoms with Gasteiger partial charge in [-0.2, -0.15) is 0 Å². The second-order valence-corrected chi connectivity index (χ2v) is 4.27. The van der Waals surface area contributed by atoms with Crippen LogP contribution in [0.3, 0.4) is 0 Å². The molecule has 0 saturated carbocycles. The van der Waals surface area contributed by atoms with Gasteiger partial charge in [-0.15, -0.1) is 0 Å². The number of nitrogens with zero attached hydrogens (tertiary/aromatic N) is 2. The molecule has 0 spiro atoms. The smallest absolute Gasteiger partial charge is 0.251 e. The predicted octanol–water partition coefficient (Wildman–Crippen LogP) is 1.07. The molecule has 2 rings (SSSR count). The van der Waals surface area contributed by atoms with E-state index >= 15 is 0 Å². The molecule has 6 nitrogen and oxygen atoms in total. The lowest BCUT2D eigenvalue weighted by molar-refractivity contribution is 0.0939. The highest BCUT2D eigenvalue weighted by molar-refractivity contribution is 5.99. The Morgan fingerprint density at radius 2 is 2.00 bits per heavy atom. The van der Waals surface area contributed by atoms with Crippen molar-refractivity contribution >= 4 is 11.8 Å². The van der Waals surface area contributed by atoms with Crippen molar-refractivity contribution in [3.63, 3.8) is 0 Å². The molecule has 0 aliphatic carbocycles. The average molecular weight is 270 g/mol. The summed E-state index contributed by atoms with van der Waals surface area (Å²) in [5.74, 6) is -0.868. The van der Waals surface area contributed by atoms with Crippen molar-refractivity contribution in [1.29, 1.82) is 0 Å². The molecule has 1 aromatic heterocycles. The highest BCUT2D eigenvalue weighted by Crippen LogP contribution is 2.10. The zero-order chi connectivity index (χ0) is 14.5. The summed E-state index contributed by atoms with van der Waals surface area (Å²) in [6.07, 6.45) is 4.71. The minimum atomic E-state index is -0.568. The van der Waals surface area contributed by atoms with Crippen LogP contribution in [0.15, 0.2) is 42.9 Å². The van der Waals surface area contributed by atoms with Gasteiger partial charge in [0.1, 0.15) is 0 Å². The lowest BCUT2D eigenvalue weighted by Gasteiger charge is -2.13. The quantitative estimate of drug-likeness (QED) is 0.868. The summed E-state index contributed by atoms with van der Waals surface area (Å²) in [4.78, 5) is 31.3. The maximum atomic E-state index is 12.1. The van der Waals surface area contributed by atoms with Crippen LogP contribution in [0.25, 0.3) is 0 Å². The summed E-state index contributed by atoms with van der Waals surface area (Å²) in [6.45, 7) is 1.81. The van der Waals surface area contributed by atoms with Gasteiger partial charge in [-0.25, -0.2) is 0 Å². The molecule has 1 unspecified atom stereocenters. The van der Waals surface area contributed by atoms with E-state index in [4.69, 9.17) is 5.73 Å². The van der Waals surface area contributed by atoms with Gasteiger partial charge in [0.15, 0.2) is 0 Å². The van der Waals surface area contributed by atoms with Crippen molar-refractivity contribution in [2.24, 2.45) is 5.73 Å². The fraction of sp³-hybridized carbons (Fsp3) is 0.143. The Hall–Kier alpha value is -2.76. The first-order valence-corrected chi connectivity index (χ1v) is 6.04. The van der Waals surface area contributed by atoms with Gasteiger partial charge in [0.05, 0.1) is 17.9 Å². The molecule has 0 bridgehead atoms. The molecule has 0 aliphatic rings. The number of nitrogens with one attached hydrogen (secondary N) is 1. The molecule has 1 aromatic carbocycles. The lowest BCUT2D eigenvalue weighted by atomic mass is 10.1. The van der Waals surface area contributed by atoms with Gasteiger partial charge >= 0.3 is 0 Å². The van der Waals surface area contributed by atoms with Crippen LogP contribution in [0.2, 0.25) is 0 Å². The molecular weight excluding hydrogens is 256 g/mol. The third-order valence-electron chi connectivity index (χ3n) is 2.78. The normalized spacial score (nSPS) is 11.7. The highest BCUT2D eigenvalue weighted by Gasteiger charge is 2.13. The van der Waals surface area contributed by atoms with E-state index in [1.54, 1.807) is 43.7 Å². The van der Waals surface area contributed by atoms with Crippen molar-refractivity contribution in [2.75, 3.05) is 0 Å². The second-order valence-electron chi connectivity index (χ2n) is 4.27. The van der Waals surface area contributed by atoms with Gasteiger partial charge in [0, 0.05) is 23.5 Å². The Labute approximate surface area is 116 Å². The number of benzene rings is 1. The minimum absolute atomic E-state index is 0.284. The highest BCUT2D eigenvalue weighted by atomic mass is 16.2. The van der Waals surface area contributed by atoms with E-state index in [9.17, 15) is 9.59 Å². The molecule has 0 saturated heterocycles. The van der Waals surface area contributed by atoms with E-state index in [0.717, 1.165) is 0 Å². The Morgan fingerprint density at radius 3 is 2.65 bits per heavy atom. The number of nitrogens with two attached hydrogens (primary N) is 1. The number of hydrogen-bond donors (Lipinski definition) is 2. The van der Waals surface area contributed by atoms with Gasteiger partial charge in [-0.05, 0) is 25.1 Å². The van der Waals surface area contributed by atoms with Crippen molar-refractivity contribution in [3.05, 3.63) is 59.7 Å². The Bertz CT molecular complexity index is 628. The molecule has 1 atom stereocenters. The molecule has 2 aromatic rings. The van der Waals surface area contributed by atoms with E-state index < -0.39 is 5.91 Å². The van der Waals surface area contributed by atoms with Crippen LogP contribution in [0, 0.1) is 0 Å². The van der Waals surface area contributed by atoms with Gasteiger partial charge < -0.3 is 11.1 Å². The number of aromatic nitrogens is 2. The standard InChI is InChI=1S/C14H14N4O2/c1-9(12-8-16-5-6-17-12)18-14(20)11-4-2-3-10(7-11)13(15)19/h2-9H,1H3,(H2,15,19)(H,18,20). The minimum Gasteiger partial charge on any atom is -0.366 e. The maximum Gasteiger partial charge on any atom is 0.251 e. The van der Waals surface area contributed by atoms with Crippen LogP contribution in [0.4, 0.5) is 0 Å². The lowest BCUT2D eigenvalue weighted by Crippen LogP contribution is -2.27. The first kappa shape index (κ1) is 13.7. The van der Waals surface area contributed by atoms with Crippen molar-refractivity contribution < 1.29 is 9.59 Å². The Balaban J connectivity index is 2.12. The van der Waals surface area contributed by atoms with E-state index in [1.807, 2.05) is 0 Å². The SMILES string of the molecule is CC(NC(=O)c1cccc(C(N)=O)c1)c1cnccn1. The number of primary amides is 1. The van der Waals surface area contributed by atoms with Crippen LogP contribution in [-0.4, -0.2) is 21.8 Å². The largest absolute Gasteiger partial charge is 0.366 e. The average Bonchev–Trinajstić information content (AvgIpc) is 2.48. The zero-order valence-corrected chi connectivity index (χ0v) is 10.9. The van der Waals surface area contributed by atoms with Crippen LogP contribution in [0.5, 0.6) is 0 Å². The Kier molecular flexibility index (Phi) is 4.05. The van der Waals surface area contributed by atoms with E-state index in [2.05, 4.69) is 15.3 Å². The van der Waals surface area contributed by atoms with E-state index in [1.165, 1.54) is 6.07 Å². The summed E-state index contributed by atoms with van der Waals surface area (Å²) in [7, 11) is 0. The molecule has 0 radical (unpaired) electrons. The van der Waals surface area contributed by atoms with Crippen molar-refractivity contribution in [2.45, 2.75) is 13.0 Å². The van der Waals surface area contributed by atoms with Crippen molar-refractivity contribution in [1.82, 2.24) is 15.3 Å². The van der Waals surface area contributed by atoms with E-state index in [0.29, 0.717) is 16.8 Å². The summed E-state index contributed by atoms with van der Waals surface area (Å²) in [6, 6.07) is 5.97. The van der Waals surface area contributed by atoms with Crippen LogP contribution in [-0.2, 0) is 0 Å². The number of carbonyl (C=O) groups is 2. The topological polar surface area (TPSA) is 98.0 Å². The summed E-state index contributed by atoms with van der Waals surface area (Å²) in [5, 5.41) is 2.79. The van der Waals surface area contributed by atoms with Crippen LogP contribution < -0.4 is 11.1 Å². The van der Waals surface area contributed by atoms with Gasteiger partial charge in [0.25, 0.3) is 5.91 Å². The monoisotopic (exact) mass is 270 g/mol. The summed E-state index contributed by atoms with van der Waals surface area (Å²) < 4.78 is 0. The molecule has 6 heteroatoms. The number of hydrogen-bond acceptors (Lipinski definition) is 4. The first-order chi connectivity index (χ1) is 9.58. The molecular formula is C14H14N4O2. The Morgan fingerprint density at radius 1 is 1.25 bits per heavy atom. The molecule has 1 heterocycles. The molecule has 20 heavy (non-hydrogen) atoms. The first-order valence-electron chi connectivity index (χ1n) is 6.04. The van der Waals surface area contributed by atoms with Crippen molar-refractivity contribution in [3.8, 4) is 0 Å². The molecule has 3 N–H and O–H groups in total. The van der Waals surface area contributed by atoms with E-state index in [-0.39, 0.29) is 11.9 Å². The predicted molar refractivity (Wildman–Crippen MR) is 72.9 cm³/mol. The number of carbonyl (C=O) groups excluding carboxylic acids is 2. The number of amides is 2. The van der Waals surface area contributed by atoms with Gasteiger partial charge in [0.2, 0.25) is 5.91 Å². The summed E-state index contributed by atoms with van der Waals surface area (Å²) >= 11 is 0. The third-order valence-corrected chi connectivity index (χ3v) is 2.78. The molecule has 102 valence electrons. The molecule has 0 aliphatic heterocycles.